The van der Waals surface area contributed by atoms with Gasteiger partial charge in [-0.3, -0.25) is 4.57 Å². The summed E-state index contributed by atoms with van der Waals surface area (Å²) in [5.74, 6) is 2.20. The Morgan fingerprint density at radius 1 is 0.623 bits per heavy atom. The summed E-state index contributed by atoms with van der Waals surface area (Å²) in [5, 5.41) is 13.0. The predicted octanol–water partition coefficient (Wildman–Crippen LogP) is 12.9. The van der Waals surface area contributed by atoms with Crippen molar-refractivity contribution in [3.8, 4) is 45.2 Å². The Bertz CT molecular complexity index is 2290. The summed E-state index contributed by atoms with van der Waals surface area (Å²) in [5.41, 5.74) is 14.2. The van der Waals surface area contributed by atoms with Crippen molar-refractivity contribution < 1.29 is 25.2 Å². The van der Waals surface area contributed by atoms with Crippen molar-refractivity contribution in [3.05, 3.63) is 155 Å². The number of phenolic OH excluding ortho intramolecular Hbond substituents is 1. The van der Waals surface area contributed by atoms with Gasteiger partial charge in [0.05, 0.1) is 11.3 Å². The number of aryl methyl sites for hydroxylation is 3. The molecule has 5 heteroatoms. The van der Waals surface area contributed by atoms with Gasteiger partial charge in [-0.1, -0.05) is 110 Å². The van der Waals surface area contributed by atoms with Crippen molar-refractivity contribution in [1.82, 2.24) is 14.5 Å². The summed E-state index contributed by atoms with van der Waals surface area (Å²) in [6, 6.07) is 36.9. The zero-order valence-corrected chi connectivity index (χ0v) is 34.7. The molecular weight excluding hydrogens is 827 g/mol. The summed E-state index contributed by atoms with van der Waals surface area (Å²) in [7, 11) is 0. The van der Waals surface area contributed by atoms with Crippen molar-refractivity contribution in [2.45, 2.75) is 80.1 Å². The fourth-order valence-corrected chi connectivity index (χ4v) is 7.27. The fourth-order valence-electron chi connectivity index (χ4n) is 7.27. The number of hydrogen-bond donors (Lipinski definition) is 1. The van der Waals surface area contributed by atoms with Crippen LogP contribution in [0.25, 0.3) is 50.2 Å². The summed E-state index contributed by atoms with van der Waals surface area (Å²) in [6.45, 7) is 19.8. The van der Waals surface area contributed by atoms with Crippen LogP contribution in [0.3, 0.4) is 0 Å². The van der Waals surface area contributed by atoms with Crippen LogP contribution >= 0.6 is 0 Å². The van der Waals surface area contributed by atoms with Crippen molar-refractivity contribution in [3.63, 3.8) is 0 Å². The number of rotatable bonds is 7. The smallest absolute Gasteiger partial charge is 0.148 e. The molecule has 0 aliphatic rings. The van der Waals surface area contributed by atoms with Gasteiger partial charge in [0, 0.05) is 38.7 Å². The standard InChI is InChI=1S/C27H28N2O.C21H22N.Ir/c1-18(2)23-16-21(20-10-6-5-7-11-20)17-24(19(3)4)26(23)29-15-14-28-27(29)22-12-8-9-13-25(22)30;1-13(2)18-6-7-20-19(16(18)5)8-9-22-21(20)17-11-14(3)10-15(4)12-17;/h5-19,30H,1-4H3;6-11,13H,1-5H3;/q;-1;. The summed E-state index contributed by atoms with van der Waals surface area (Å²) in [6.07, 6.45) is 5.72. The molecule has 7 aromatic rings. The zero-order chi connectivity index (χ0) is 37.1. The molecule has 0 unspecified atom stereocenters. The molecule has 0 spiro atoms. The largest absolute Gasteiger partial charge is 0.507 e. The van der Waals surface area contributed by atoms with E-state index in [9.17, 15) is 5.11 Å². The van der Waals surface area contributed by atoms with Gasteiger partial charge >= 0.3 is 0 Å². The quantitative estimate of drug-likeness (QED) is 0.162. The molecule has 0 saturated carbocycles. The molecule has 0 aliphatic carbocycles. The molecule has 0 saturated heterocycles. The van der Waals surface area contributed by atoms with E-state index in [1.807, 2.05) is 30.6 Å². The second-order valence-electron chi connectivity index (χ2n) is 14.8. The van der Waals surface area contributed by atoms with Gasteiger partial charge < -0.3 is 10.1 Å². The van der Waals surface area contributed by atoms with Crippen LogP contribution in [-0.4, -0.2) is 19.6 Å². The van der Waals surface area contributed by atoms with Crippen molar-refractivity contribution in [2.24, 2.45) is 0 Å². The van der Waals surface area contributed by atoms with Crippen molar-refractivity contribution >= 4 is 10.8 Å². The molecule has 1 radical (unpaired) electrons. The molecule has 0 fully saturated rings. The minimum absolute atomic E-state index is 0. The zero-order valence-electron chi connectivity index (χ0n) is 32.3. The first-order valence-corrected chi connectivity index (χ1v) is 18.4. The number of aromatic hydroxyl groups is 1. The minimum atomic E-state index is 0. The van der Waals surface area contributed by atoms with E-state index in [1.54, 1.807) is 12.3 Å². The first kappa shape index (κ1) is 39.4. The third-order valence-corrected chi connectivity index (χ3v) is 9.83. The molecule has 2 heterocycles. The minimum Gasteiger partial charge on any atom is -0.507 e. The SMILES string of the molecule is CC(C)c1cc(-c2ccccc2)cc(C(C)C)c1-n1ccnc1-c1ccccc1O.Cc1[c-]c(-c2nccc3c(C)c(C(C)C)ccc23)cc(C)c1.[Ir]. The maximum Gasteiger partial charge on any atom is 0.148 e. The number of pyridine rings is 1. The van der Waals surface area contributed by atoms with Crippen LogP contribution in [0.4, 0.5) is 0 Å². The van der Waals surface area contributed by atoms with Gasteiger partial charge in [-0.25, -0.2) is 4.98 Å². The number of hydrogen-bond acceptors (Lipinski definition) is 3. The monoisotopic (exact) mass is 877 g/mol. The van der Waals surface area contributed by atoms with Gasteiger partial charge in [-0.05, 0) is 105 Å². The fraction of sp³-hybridized carbons (Fsp3) is 0.250. The van der Waals surface area contributed by atoms with Crippen LogP contribution in [0, 0.1) is 26.8 Å². The van der Waals surface area contributed by atoms with E-state index in [0.717, 1.165) is 33.9 Å². The average molecular weight is 877 g/mol. The van der Waals surface area contributed by atoms with Crippen LogP contribution in [0.1, 0.15) is 92.7 Å². The van der Waals surface area contributed by atoms with Crippen LogP contribution < -0.4 is 0 Å². The van der Waals surface area contributed by atoms with E-state index >= 15 is 0 Å². The van der Waals surface area contributed by atoms with Gasteiger partial charge in [0.15, 0.2) is 0 Å². The molecule has 0 atom stereocenters. The number of para-hydroxylation sites is 1. The third kappa shape index (κ3) is 8.38. The predicted molar refractivity (Wildman–Crippen MR) is 219 cm³/mol. The molecule has 0 bridgehead atoms. The van der Waals surface area contributed by atoms with Crippen LogP contribution in [0.5, 0.6) is 5.75 Å². The molecule has 53 heavy (non-hydrogen) atoms. The van der Waals surface area contributed by atoms with E-state index in [-0.39, 0.29) is 25.9 Å². The summed E-state index contributed by atoms with van der Waals surface area (Å²) < 4.78 is 2.13. The Labute approximate surface area is 329 Å². The topological polar surface area (TPSA) is 50.9 Å². The molecule has 273 valence electrons. The molecular formula is C48H50IrN3O-. The van der Waals surface area contributed by atoms with Crippen molar-refractivity contribution in [2.75, 3.05) is 0 Å². The molecule has 4 nitrogen and oxygen atoms in total. The Balaban J connectivity index is 0.000000210. The normalized spacial score (nSPS) is 11.2. The number of phenols is 1. The Morgan fingerprint density at radius 2 is 1.26 bits per heavy atom. The Morgan fingerprint density at radius 3 is 1.89 bits per heavy atom. The van der Waals surface area contributed by atoms with Crippen molar-refractivity contribution in [1.29, 1.82) is 0 Å². The van der Waals surface area contributed by atoms with Gasteiger partial charge in [-0.15, -0.1) is 34.9 Å². The second-order valence-corrected chi connectivity index (χ2v) is 14.8. The van der Waals surface area contributed by atoms with Gasteiger partial charge in [-0.2, -0.15) is 0 Å². The molecule has 7 rings (SSSR count). The maximum atomic E-state index is 10.5. The number of nitrogens with zero attached hydrogens (tertiary/aromatic N) is 3. The van der Waals surface area contributed by atoms with E-state index in [2.05, 4.69) is 156 Å². The third-order valence-electron chi connectivity index (χ3n) is 9.83. The number of benzene rings is 5. The molecule has 2 aromatic heterocycles. The van der Waals surface area contributed by atoms with Gasteiger partial charge in [0.2, 0.25) is 0 Å². The Hall–Kier alpha value is -4.83. The van der Waals surface area contributed by atoms with E-state index in [0.29, 0.717) is 17.8 Å². The molecule has 5 aromatic carbocycles. The Kier molecular flexibility index (Phi) is 12.5. The first-order valence-electron chi connectivity index (χ1n) is 18.4. The molecule has 1 N–H and O–H groups in total. The van der Waals surface area contributed by atoms with Gasteiger partial charge in [0.25, 0.3) is 0 Å². The van der Waals surface area contributed by atoms with E-state index < -0.39 is 0 Å². The van der Waals surface area contributed by atoms with Crippen LogP contribution in [0.2, 0.25) is 0 Å². The van der Waals surface area contributed by atoms with Crippen LogP contribution in [-0.2, 0) is 20.1 Å². The first-order chi connectivity index (χ1) is 24.9. The second kappa shape index (κ2) is 16.9. The van der Waals surface area contributed by atoms with Crippen LogP contribution in [0.15, 0.2) is 116 Å². The van der Waals surface area contributed by atoms with Gasteiger partial charge in [0.1, 0.15) is 11.6 Å². The number of fused-ring (bicyclic) bond motifs is 1. The summed E-state index contributed by atoms with van der Waals surface area (Å²) >= 11 is 0. The number of aromatic nitrogens is 3. The average Bonchev–Trinajstić information content (AvgIpc) is 3.60. The molecule has 0 amide bonds. The van der Waals surface area contributed by atoms with E-state index in [1.165, 1.54) is 49.7 Å². The maximum absolute atomic E-state index is 10.5. The molecule has 0 aliphatic heterocycles. The number of imidazole rings is 1. The summed E-state index contributed by atoms with van der Waals surface area (Å²) in [4.78, 5) is 9.25. The van der Waals surface area contributed by atoms with E-state index in [4.69, 9.17) is 0 Å².